The van der Waals surface area contributed by atoms with Crippen LogP contribution >= 0.6 is 23.4 Å². The normalized spacial score (nSPS) is 10.4. The lowest BCUT2D eigenvalue weighted by Crippen LogP contribution is -2.21. The second kappa shape index (κ2) is 7.28. The monoisotopic (exact) mass is 324 g/mol. The second-order valence-electron chi connectivity index (χ2n) is 4.01. The highest BCUT2D eigenvalue weighted by molar-refractivity contribution is 7.98. The molecule has 0 fully saturated rings. The standard InChI is InChI=1S/C14H13ClN2O3S/c1-2-20-14(19)9-7-16-12(17-13(9)18)8-21-11-6-4-3-5-10(11)15/h3-7H,2,8H2,1H3,(H,16,17,18). The summed E-state index contributed by atoms with van der Waals surface area (Å²) in [6.45, 7) is 1.89. The van der Waals surface area contributed by atoms with Gasteiger partial charge in [-0.3, -0.25) is 4.79 Å². The zero-order valence-electron chi connectivity index (χ0n) is 11.3. The number of nitrogens with one attached hydrogen (secondary N) is 1. The molecule has 1 aromatic carbocycles. The summed E-state index contributed by atoms with van der Waals surface area (Å²) in [7, 11) is 0. The van der Waals surface area contributed by atoms with Crippen molar-refractivity contribution in [2.24, 2.45) is 0 Å². The highest BCUT2D eigenvalue weighted by Crippen LogP contribution is 2.28. The lowest BCUT2D eigenvalue weighted by molar-refractivity contribution is 0.0523. The molecule has 0 aliphatic heterocycles. The van der Waals surface area contributed by atoms with Crippen LogP contribution in [0.25, 0.3) is 0 Å². The molecule has 1 aromatic heterocycles. The van der Waals surface area contributed by atoms with Gasteiger partial charge in [-0.25, -0.2) is 9.78 Å². The van der Waals surface area contributed by atoms with E-state index >= 15 is 0 Å². The maximum Gasteiger partial charge on any atom is 0.345 e. The fraction of sp³-hybridized carbons (Fsp3) is 0.214. The highest BCUT2D eigenvalue weighted by atomic mass is 35.5. The predicted molar refractivity (Wildman–Crippen MR) is 81.8 cm³/mol. The van der Waals surface area contributed by atoms with E-state index < -0.39 is 11.5 Å². The number of thioether (sulfide) groups is 1. The van der Waals surface area contributed by atoms with Crippen molar-refractivity contribution in [3.05, 3.63) is 57.2 Å². The molecule has 0 aliphatic rings. The average molecular weight is 325 g/mol. The van der Waals surface area contributed by atoms with Crippen LogP contribution in [0.1, 0.15) is 23.1 Å². The molecule has 0 aliphatic carbocycles. The molecule has 1 N–H and O–H groups in total. The lowest BCUT2D eigenvalue weighted by atomic mass is 10.3. The van der Waals surface area contributed by atoms with Crippen molar-refractivity contribution in [3.63, 3.8) is 0 Å². The number of H-pyrrole nitrogens is 1. The number of rotatable bonds is 5. The number of hydrogen-bond acceptors (Lipinski definition) is 5. The Kier molecular flexibility index (Phi) is 5.41. The summed E-state index contributed by atoms with van der Waals surface area (Å²) in [5.74, 6) is 0.247. The first-order valence-corrected chi connectivity index (χ1v) is 7.60. The molecule has 0 amide bonds. The van der Waals surface area contributed by atoms with Crippen molar-refractivity contribution in [1.29, 1.82) is 0 Å². The number of carbonyl (C=O) groups excluding carboxylic acids is 1. The van der Waals surface area contributed by atoms with Crippen LogP contribution in [0.15, 0.2) is 40.2 Å². The van der Waals surface area contributed by atoms with Crippen molar-refractivity contribution in [3.8, 4) is 0 Å². The molecule has 0 bridgehead atoms. The summed E-state index contributed by atoms with van der Waals surface area (Å²) in [4.78, 5) is 30.8. The van der Waals surface area contributed by atoms with Gasteiger partial charge in [0, 0.05) is 11.1 Å². The first-order chi connectivity index (χ1) is 10.1. The van der Waals surface area contributed by atoms with Gasteiger partial charge in [-0.15, -0.1) is 11.8 Å². The van der Waals surface area contributed by atoms with Gasteiger partial charge in [-0.05, 0) is 19.1 Å². The number of hydrogen-bond donors (Lipinski definition) is 1. The number of carbonyl (C=O) groups is 1. The van der Waals surface area contributed by atoms with Gasteiger partial charge in [0.1, 0.15) is 11.4 Å². The Morgan fingerprint density at radius 3 is 2.86 bits per heavy atom. The van der Waals surface area contributed by atoms with Gasteiger partial charge < -0.3 is 9.72 Å². The van der Waals surface area contributed by atoms with E-state index in [2.05, 4.69) is 9.97 Å². The Hall–Kier alpha value is -1.79. The van der Waals surface area contributed by atoms with E-state index in [0.29, 0.717) is 16.6 Å². The quantitative estimate of drug-likeness (QED) is 0.676. The summed E-state index contributed by atoms with van der Waals surface area (Å²) in [5.41, 5.74) is -0.596. The summed E-state index contributed by atoms with van der Waals surface area (Å²) < 4.78 is 4.77. The van der Waals surface area contributed by atoms with Crippen LogP contribution in [0.3, 0.4) is 0 Å². The van der Waals surface area contributed by atoms with E-state index in [1.807, 2.05) is 18.2 Å². The largest absolute Gasteiger partial charge is 0.462 e. The molecule has 5 nitrogen and oxygen atoms in total. The van der Waals surface area contributed by atoms with Crippen LogP contribution in [0, 0.1) is 0 Å². The molecule has 2 rings (SSSR count). The summed E-state index contributed by atoms with van der Waals surface area (Å²) >= 11 is 7.50. The summed E-state index contributed by atoms with van der Waals surface area (Å²) in [6.07, 6.45) is 1.24. The molecule has 1 heterocycles. The Balaban J connectivity index is 2.09. The zero-order chi connectivity index (χ0) is 15.2. The number of halogens is 1. The molecule has 7 heteroatoms. The smallest absolute Gasteiger partial charge is 0.345 e. The molecule has 0 spiro atoms. The number of benzene rings is 1. The van der Waals surface area contributed by atoms with E-state index in [-0.39, 0.29) is 12.2 Å². The molecule has 0 radical (unpaired) electrons. The Bertz CT molecular complexity index is 703. The van der Waals surface area contributed by atoms with E-state index in [9.17, 15) is 9.59 Å². The minimum Gasteiger partial charge on any atom is -0.462 e. The van der Waals surface area contributed by atoms with Crippen molar-refractivity contribution >= 4 is 29.3 Å². The van der Waals surface area contributed by atoms with Crippen molar-refractivity contribution in [1.82, 2.24) is 9.97 Å². The van der Waals surface area contributed by atoms with E-state index in [1.165, 1.54) is 18.0 Å². The molecular weight excluding hydrogens is 312 g/mol. The third-order valence-corrected chi connectivity index (χ3v) is 4.07. The first-order valence-electron chi connectivity index (χ1n) is 6.24. The van der Waals surface area contributed by atoms with Crippen molar-refractivity contribution in [2.75, 3.05) is 6.61 Å². The summed E-state index contributed by atoms with van der Waals surface area (Å²) in [5, 5.41) is 0.646. The fourth-order valence-electron chi connectivity index (χ4n) is 1.57. The van der Waals surface area contributed by atoms with Gasteiger partial charge in [0.2, 0.25) is 0 Å². The maximum absolute atomic E-state index is 11.8. The van der Waals surface area contributed by atoms with E-state index in [0.717, 1.165) is 4.90 Å². The topological polar surface area (TPSA) is 72.0 Å². The number of nitrogens with zero attached hydrogens (tertiary/aromatic N) is 1. The van der Waals surface area contributed by atoms with E-state index in [4.69, 9.17) is 16.3 Å². The third-order valence-electron chi connectivity index (χ3n) is 2.55. The fourth-order valence-corrected chi connectivity index (χ4v) is 2.69. The molecule has 0 atom stereocenters. The Morgan fingerprint density at radius 1 is 1.43 bits per heavy atom. The van der Waals surface area contributed by atoms with Gasteiger partial charge in [0.15, 0.2) is 0 Å². The maximum atomic E-state index is 11.8. The SMILES string of the molecule is CCOC(=O)c1cnc(CSc2ccccc2Cl)[nH]c1=O. The molecule has 110 valence electrons. The summed E-state index contributed by atoms with van der Waals surface area (Å²) in [6, 6.07) is 7.41. The number of aromatic nitrogens is 2. The zero-order valence-corrected chi connectivity index (χ0v) is 12.8. The number of ether oxygens (including phenoxy) is 1. The second-order valence-corrected chi connectivity index (χ2v) is 5.44. The van der Waals surface area contributed by atoms with Crippen LogP contribution in [-0.4, -0.2) is 22.5 Å². The van der Waals surface area contributed by atoms with Crippen molar-refractivity contribution < 1.29 is 9.53 Å². The molecule has 0 saturated heterocycles. The van der Waals surface area contributed by atoms with Crippen LogP contribution in [0.2, 0.25) is 5.02 Å². The van der Waals surface area contributed by atoms with Crippen LogP contribution < -0.4 is 5.56 Å². The van der Waals surface area contributed by atoms with Crippen LogP contribution in [0.4, 0.5) is 0 Å². The molecule has 2 aromatic rings. The lowest BCUT2D eigenvalue weighted by Gasteiger charge is -2.04. The van der Waals surface area contributed by atoms with Crippen LogP contribution in [-0.2, 0) is 10.5 Å². The molecule has 0 unspecified atom stereocenters. The number of esters is 1. The highest BCUT2D eigenvalue weighted by Gasteiger charge is 2.13. The van der Waals surface area contributed by atoms with Crippen LogP contribution in [0.5, 0.6) is 0 Å². The Labute approximate surface area is 130 Å². The van der Waals surface area contributed by atoms with Gasteiger partial charge in [-0.1, -0.05) is 23.7 Å². The first kappa shape index (κ1) is 15.6. The Morgan fingerprint density at radius 2 is 2.19 bits per heavy atom. The van der Waals surface area contributed by atoms with Gasteiger partial charge >= 0.3 is 5.97 Å². The van der Waals surface area contributed by atoms with Gasteiger partial charge in [0.05, 0.1) is 17.4 Å². The predicted octanol–water partition coefficient (Wildman–Crippen LogP) is 2.89. The minimum atomic E-state index is -0.670. The van der Waals surface area contributed by atoms with Gasteiger partial charge in [0.25, 0.3) is 5.56 Å². The third kappa shape index (κ3) is 4.09. The number of aromatic amines is 1. The molecule has 21 heavy (non-hydrogen) atoms. The van der Waals surface area contributed by atoms with Gasteiger partial charge in [-0.2, -0.15) is 0 Å². The van der Waals surface area contributed by atoms with Crippen molar-refractivity contribution in [2.45, 2.75) is 17.6 Å². The average Bonchev–Trinajstić information content (AvgIpc) is 2.46. The van der Waals surface area contributed by atoms with E-state index in [1.54, 1.807) is 13.0 Å². The molecular formula is C14H13ClN2O3S. The minimum absolute atomic E-state index is 0.0941. The molecule has 0 saturated carbocycles.